The van der Waals surface area contributed by atoms with Crippen molar-refractivity contribution in [3.05, 3.63) is 64.1 Å². The first-order valence-electron chi connectivity index (χ1n) is 7.60. The van der Waals surface area contributed by atoms with Crippen molar-refractivity contribution >= 4 is 16.7 Å². The van der Waals surface area contributed by atoms with Crippen LogP contribution in [0.2, 0.25) is 0 Å². The van der Waals surface area contributed by atoms with E-state index >= 15 is 0 Å². The topological polar surface area (TPSA) is 93.3 Å². The van der Waals surface area contributed by atoms with Gasteiger partial charge < -0.3 is 14.8 Å². The molecule has 0 aliphatic carbocycles. The Morgan fingerprint density at radius 3 is 2.36 bits per heavy atom. The molecule has 0 fully saturated rings. The predicted octanol–water partition coefficient (Wildman–Crippen LogP) is 1.87. The highest BCUT2D eigenvalue weighted by atomic mass is 16.5. The molecular weight excluding hydrogens is 322 g/mol. The monoisotopic (exact) mass is 339 g/mol. The minimum Gasteiger partial charge on any atom is -0.497 e. The third-order valence-electron chi connectivity index (χ3n) is 3.81. The second-order valence-corrected chi connectivity index (χ2v) is 5.33. The number of nitrogens with one attached hydrogen (secondary N) is 2. The molecule has 2 aromatic carbocycles. The fourth-order valence-electron chi connectivity index (χ4n) is 2.51. The Bertz CT molecular complexity index is 959. The van der Waals surface area contributed by atoms with Gasteiger partial charge in [0.25, 0.3) is 11.5 Å². The fraction of sp³-hybridized carbons (Fsp3) is 0.167. The zero-order valence-corrected chi connectivity index (χ0v) is 13.8. The molecule has 25 heavy (non-hydrogen) atoms. The zero-order chi connectivity index (χ0) is 17.8. The number of hydrogen-bond acceptors (Lipinski definition) is 5. The van der Waals surface area contributed by atoms with Crippen molar-refractivity contribution in [2.24, 2.45) is 0 Å². The Labute approximate surface area is 143 Å². The molecule has 0 atom stereocenters. The molecule has 7 heteroatoms. The van der Waals surface area contributed by atoms with E-state index in [1.165, 1.54) is 14.2 Å². The van der Waals surface area contributed by atoms with Gasteiger partial charge in [-0.2, -0.15) is 5.10 Å². The number of nitrogens with zero attached hydrogens (tertiary/aromatic N) is 1. The molecule has 0 aliphatic rings. The lowest BCUT2D eigenvalue weighted by Gasteiger charge is -2.10. The number of hydrogen-bond donors (Lipinski definition) is 2. The summed E-state index contributed by atoms with van der Waals surface area (Å²) in [6, 6.07) is 12.0. The van der Waals surface area contributed by atoms with Crippen LogP contribution in [-0.4, -0.2) is 30.3 Å². The quantitative estimate of drug-likeness (QED) is 0.740. The van der Waals surface area contributed by atoms with E-state index in [1.54, 1.807) is 36.4 Å². The summed E-state index contributed by atoms with van der Waals surface area (Å²) >= 11 is 0. The number of benzene rings is 2. The summed E-state index contributed by atoms with van der Waals surface area (Å²) in [5.74, 6) is 0.753. The number of fused-ring (bicyclic) bond motifs is 1. The number of amides is 1. The second-order valence-electron chi connectivity index (χ2n) is 5.33. The smallest absolute Gasteiger partial charge is 0.272 e. The molecule has 7 nitrogen and oxygen atoms in total. The van der Waals surface area contributed by atoms with Crippen molar-refractivity contribution in [2.75, 3.05) is 14.2 Å². The summed E-state index contributed by atoms with van der Waals surface area (Å²) in [5.41, 5.74) is 0.728. The number of ether oxygens (including phenoxy) is 2. The van der Waals surface area contributed by atoms with Gasteiger partial charge in [-0.3, -0.25) is 9.59 Å². The molecule has 1 aromatic heterocycles. The van der Waals surface area contributed by atoms with E-state index in [-0.39, 0.29) is 18.0 Å². The molecule has 1 amide bonds. The highest BCUT2D eigenvalue weighted by Crippen LogP contribution is 2.22. The fourth-order valence-corrected chi connectivity index (χ4v) is 2.51. The highest BCUT2D eigenvalue weighted by molar-refractivity contribution is 5.95. The first-order chi connectivity index (χ1) is 12.1. The van der Waals surface area contributed by atoms with Crippen molar-refractivity contribution < 1.29 is 14.3 Å². The van der Waals surface area contributed by atoms with Crippen LogP contribution in [0.5, 0.6) is 11.5 Å². The molecule has 0 bridgehead atoms. The Kier molecular flexibility index (Phi) is 4.65. The Morgan fingerprint density at radius 1 is 1.08 bits per heavy atom. The van der Waals surface area contributed by atoms with Crippen LogP contribution >= 0.6 is 0 Å². The zero-order valence-electron chi connectivity index (χ0n) is 13.8. The lowest BCUT2D eigenvalue weighted by atomic mass is 10.1. The number of carbonyl (C=O) groups is 1. The van der Waals surface area contributed by atoms with E-state index in [9.17, 15) is 9.59 Å². The van der Waals surface area contributed by atoms with Gasteiger partial charge in [-0.1, -0.05) is 18.2 Å². The maximum Gasteiger partial charge on any atom is 0.272 e. The Hall–Kier alpha value is -3.35. The second kappa shape index (κ2) is 7.04. The lowest BCUT2D eigenvalue weighted by molar-refractivity contribution is 0.0950. The molecule has 128 valence electrons. The molecule has 3 rings (SSSR count). The standard InChI is InChI=1S/C18H17N3O4/c1-24-12-7-11(8-13(9-12)25-2)17(22)19-10-16-14-5-3-4-6-15(14)18(23)21-20-16/h3-9H,10H2,1-2H3,(H,19,22)(H,21,23). The van der Waals surface area contributed by atoms with Crippen molar-refractivity contribution in [3.63, 3.8) is 0 Å². The van der Waals surface area contributed by atoms with Crippen LogP contribution in [0.4, 0.5) is 0 Å². The number of H-pyrrole nitrogens is 1. The van der Waals surface area contributed by atoms with Gasteiger partial charge in [0, 0.05) is 17.0 Å². The van der Waals surface area contributed by atoms with Gasteiger partial charge in [-0.25, -0.2) is 5.10 Å². The lowest BCUT2D eigenvalue weighted by Crippen LogP contribution is -2.24. The third-order valence-corrected chi connectivity index (χ3v) is 3.81. The first-order valence-corrected chi connectivity index (χ1v) is 7.60. The van der Waals surface area contributed by atoms with Gasteiger partial charge in [-0.15, -0.1) is 0 Å². The van der Waals surface area contributed by atoms with Gasteiger partial charge >= 0.3 is 0 Å². The largest absolute Gasteiger partial charge is 0.497 e. The van der Waals surface area contributed by atoms with E-state index in [2.05, 4.69) is 15.5 Å². The molecule has 0 radical (unpaired) electrons. The third kappa shape index (κ3) is 3.45. The van der Waals surface area contributed by atoms with Crippen LogP contribution in [0, 0.1) is 0 Å². The van der Waals surface area contributed by atoms with Crippen molar-refractivity contribution in [3.8, 4) is 11.5 Å². The maximum absolute atomic E-state index is 12.4. The van der Waals surface area contributed by atoms with Crippen molar-refractivity contribution in [2.45, 2.75) is 6.54 Å². The van der Waals surface area contributed by atoms with Gasteiger partial charge in [0.1, 0.15) is 11.5 Å². The van der Waals surface area contributed by atoms with E-state index < -0.39 is 0 Å². The summed E-state index contributed by atoms with van der Waals surface area (Å²) in [5, 5.41) is 10.5. The van der Waals surface area contributed by atoms with Gasteiger partial charge in [0.2, 0.25) is 0 Å². The first kappa shape index (κ1) is 16.5. The van der Waals surface area contributed by atoms with Crippen molar-refractivity contribution in [1.29, 1.82) is 0 Å². The number of aromatic amines is 1. The molecule has 0 unspecified atom stereocenters. The van der Waals surface area contributed by atoms with Crippen LogP contribution in [0.15, 0.2) is 47.3 Å². The highest BCUT2D eigenvalue weighted by Gasteiger charge is 2.12. The van der Waals surface area contributed by atoms with Gasteiger partial charge in [0.05, 0.1) is 31.8 Å². The molecule has 2 N–H and O–H groups in total. The average Bonchev–Trinajstić information content (AvgIpc) is 2.67. The van der Waals surface area contributed by atoms with Crippen LogP contribution in [0.3, 0.4) is 0 Å². The van der Waals surface area contributed by atoms with Gasteiger partial charge in [0.15, 0.2) is 0 Å². The summed E-state index contributed by atoms with van der Waals surface area (Å²) in [4.78, 5) is 24.2. The molecule has 0 saturated carbocycles. The van der Waals surface area contributed by atoms with Crippen LogP contribution < -0.4 is 20.3 Å². The van der Waals surface area contributed by atoms with Gasteiger partial charge in [-0.05, 0) is 18.2 Å². The normalized spacial score (nSPS) is 10.5. The van der Waals surface area contributed by atoms with E-state index in [4.69, 9.17) is 9.47 Å². The summed E-state index contributed by atoms with van der Waals surface area (Å²) in [6.45, 7) is 0.176. The molecule has 0 saturated heterocycles. The summed E-state index contributed by atoms with van der Waals surface area (Å²) < 4.78 is 10.3. The molecule has 0 spiro atoms. The number of carbonyl (C=O) groups excluding carboxylic acids is 1. The van der Waals surface area contributed by atoms with Crippen LogP contribution in [0.25, 0.3) is 10.8 Å². The van der Waals surface area contributed by atoms with E-state index in [1.807, 2.05) is 6.07 Å². The average molecular weight is 339 g/mol. The maximum atomic E-state index is 12.4. The molecule has 3 aromatic rings. The summed E-state index contributed by atoms with van der Waals surface area (Å²) in [6.07, 6.45) is 0. The van der Waals surface area contributed by atoms with E-state index in [0.29, 0.717) is 33.5 Å². The predicted molar refractivity (Wildman–Crippen MR) is 93.1 cm³/mol. The number of aromatic nitrogens is 2. The number of rotatable bonds is 5. The minimum atomic E-state index is -0.297. The van der Waals surface area contributed by atoms with E-state index in [0.717, 1.165) is 0 Å². The molecular formula is C18H17N3O4. The van der Waals surface area contributed by atoms with Crippen LogP contribution in [-0.2, 0) is 6.54 Å². The Morgan fingerprint density at radius 2 is 1.72 bits per heavy atom. The minimum absolute atomic E-state index is 0.176. The number of methoxy groups -OCH3 is 2. The molecule has 1 heterocycles. The summed E-state index contributed by atoms with van der Waals surface area (Å²) in [7, 11) is 3.04. The molecule has 0 aliphatic heterocycles. The SMILES string of the molecule is COc1cc(OC)cc(C(=O)NCc2n[nH]c(=O)c3ccccc23)c1. The van der Waals surface area contributed by atoms with Crippen LogP contribution in [0.1, 0.15) is 16.1 Å². The van der Waals surface area contributed by atoms with Crippen molar-refractivity contribution in [1.82, 2.24) is 15.5 Å². The Balaban J connectivity index is 1.84.